The van der Waals surface area contributed by atoms with E-state index in [1.165, 1.54) is 6.07 Å². The third kappa shape index (κ3) is 3.81. The van der Waals surface area contributed by atoms with Gasteiger partial charge in [-0.15, -0.1) is 10.2 Å². The first-order valence-electron chi connectivity index (χ1n) is 10.7. The third-order valence-electron chi connectivity index (χ3n) is 6.88. The average Bonchev–Trinajstić information content (AvgIpc) is 3.19. The number of phenols is 1. The monoisotopic (exact) mass is 463 g/mol. The Kier molecular flexibility index (Phi) is 5.06. The van der Waals surface area contributed by atoms with E-state index in [9.17, 15) is 27.5 Å². The van der Waals surface area contributed by atoms with Crippen LogP contribution in [-0.2, 0) is 6.18 Å². The van der Waals surface area contributed by atoms with Crippen molar-refractivity contribution in [1.29, 1.82) is 0 Å². The summed E-state index contributed by atoms with van der Waals surface area (Å²) < 4.78 is 58.8. The van der Waals surface area contributed by atoms with Crippen LogP contribution in [0.2, 0.25) is 0 Å². The molecule has 2 bridgehead atoms. The smallest absolute Gasteiger partial charge is 0.449 e. The Morgan fingerprint density at radius 1 is 1.12 bits per heavy atom. The Labute approximate surface area is 185 Å². The van der Waals surface area contributed by atoms with Crippen LogP contribution in [0.5, 0.6) is 5.75 Å². The van der Waals surface area contributed by atoms with Crippen LogP contribution in [0.1, 0.15) is 31.4 Å². The number of hydrogen-bond acceptors (Lipinski definition) is 6. The number of benzene rings is 1. The van der Waals surface area contributed by atoms with E-state index in [2.05, 4.69) is 10.2 Å². The summed E-state index contributed by atoms with van der Waals surface area (Å²) in [6.45, 7) is 0. The van der Waals surface area contributed by atoms with Crippen LogP contribution in [0.15, 0.2) is 39.5 Å². The average molecular weight is 463 g/mol. The van der Waals surface area contributed by atoms with E-state index in [-0.39, 0.29) is 39.9 Å². The standard InChI is InChI=1S/C23H21F4N3O3/c1-30(16-7-11-2-3-12(6-11)22(16)24)21-5-4-15(28-29-21)13-9-19-14(8-17(13)31)18(32)10-20(33-19)23(25,26)27/h4-5,8-12,16,22,31H,2-3,6-7H2,1H3/t11-,12+,16+,22-/m1/s1. The number of rotatable bonds is 3. The highest BCUT2D eigenvalue weighted by atomic mass is 19.4. The minimum atomic E-state index is -4.83. The topological polar surface area (TPSA) is 79.5 Å². The predicted molar refractivity (Wildman–Crippen MR) is 113 cm³/mol. The summed E-state index contributed by atoms with van der Waals surface area (Å²) in [6.07, 6.45) is -2.12. The number of aromatic nitrogens is 2. The number of anilines is 1. The molecule has 174 valence electrons. The van der Waals surface area contributed by atoms with E-state index < -0.39 is 23.5 Å². The summed E-state index contributed by atoms with van der Waals surface area (Å²) in [5.74, 6) is -0.722. The molecule has 2 saturated carbocycles. The number of phenolic OH excluding ortho intramolecular Hbond substituents is 1. The lowest BCUT2D eigenvalue weighted by atomic mass is 9.83. The van der Waals surface area contributed by atoms with Crippen LogP contribution in [0.25, 0.3) is 22.2 Å². The summed E-state index contributed by atoms with van der Waals surface area (Å²) in [5.41, 5.74) is -1.02. The third-order valence-corrected chi connectivity index (χ3v) is 6.88. The molecule has 5 rings (SSSR count). The van der Waals surface area contributed by atoms with Crippen molar-refractivity contribution >= 4 is 16.8 Å². The van der Waals surface area contributed by atoms with Gasteiger partial charge in [0.15, 0.2) is 11.2 Å². The Balaban J connectivity index is 1.46. The maximum absolute atomic E-state index is 14.9. The Morgan fingerprint density at radius 3 is 2.61 bits per heavy atom. The van der Waals surface area contributed by atoms with Gasteiger partial charge in [-0.25, -0.2) is 4.39 Å². The zero-order valence-electron chi connectivity index (χ0n) is 17.6. The lowest BCUT2D eigenvalue weighted by molar-refractivity contribution is -0.152. The van der Waals surface area contributed by atoms with Gasteiger partial charge in [-0.1, -0.05) is 0 Å². The quantitative estimate of drug-likeness (QED) is 0.555. The van der Waals surface area contributed by atoms with E-state index in [0.717, 1.165) is 37.8 Å². The molecule has 0 spiro atoms. The molecule has 1 N–H and O–H groups in total. The van der Waals surface area contributed by atoms with Crippen LogP contribution in [-0.4, -0.2) is 34.6 Å². The molecule has 4 atom stereocenters. The van der Waals surface area contributed by atoms with E-state index in [1.807, 2.05) is 0 Å². The fourth-order valence-electron chi connectivity index (χ4n) is 5.14. The van der Waals surface area contributed by atoms with Crippen molar-refractivity contribution in [2.24, 2.45) is 11.8 Å². The molecule has 6 nitrogen and oxygen atoms in total. The van der Waals surface area contributed by atoms with E-state index in [1.54, 1.807) is 18.0 Å². The van der Waals surface area contributed by atoms with Gasteiger partial charge in [-0.05, 0) is 61.8 Å². The maximum Gasteiger partial charge on any atom is 0.449 e. The van der Waals surface area contributed by atoms with Crippen molar-refractivity contribution in [2.75, 3.05) is 11.9 Å². The van der Waals surface area contributed by atoms with Crippen molar-refractivity contribution in [2.45, 2.75) is 44.1 Å². The first-order chi connectivity index (χ1) is 15.6. The normalized spacial score (nSPS) is 24.9. The number of alkyl halides is 4. The Bertz CT molecular complexity index is 1260. The number of halogens is 4. The summed E-state index contributed by atoms with van der Waals surface area (Å²) in [4.78, 5) is 13.8. The van der Waals surface area contributed by atoms with Gasteiger partial charge >= 0.3 is 6.18 Å². The molecule has 3 aromatic rings. The zero-order chi connectivity index (χ0) is 23.5. The van der Waals surface area contributed by atoms with Gasteiger partial charge in [0.2, 0.25) is 5.76 Å². The van der Waals surface area contributed by atoms with Crippen molar-refractivity contribution in [3.8, 4) is 17.0 Å². The molecular weight excluding hydrogens is 442 g/mol. The van der Waals surface area contributed by atoms with Crippen LogP contribution < -0.4 is 10.3 Å². The van der Waals surface area contributed by atoms with Crippen LogP contribution >= 0.6 is 0 Å². The second-order valence-electron chi connectivity index (χ2n) is 8.91. The molecule has 2 aliphatic rings. The highest BCUT2D eigenvalue weighted by Crippen LogP contribution is 2.45. The van der Waals surface area contributed by atoms with Crippen molar-refractivity contribution < 1.29 is 27.1 Å². The predicted octanol–water partition coefficient (Wildman–Crippen LogP) is 4.94. The molecule has 33 heavy (non-hydrogen) atoms. The molecule has 10 heteroatoms. The van der Waals surface area contributed by atoms with Gasteiger partial charge in [0.1, 0.15) is 17.5 Å². The first kappa shape index (κ1) is 21.7. The molecule has 2 fully saturated rings. The van der Waals surface area contributed by atoms with Crippen LogP contribution in [0.3, 0.4) is 0 Å². The molecule has 0 aliphatic heterocycles. The summed E-state index contributed by atoms with van der Waals surface area (Å²) in [6, 6.07) is 5.39. The van der Waals surface area contributed by atoms with Crippen molar-refractivity contribution in [1.82, 2.24) is 10.2 Å². The molecular formula is C23H21F4N3O3. The second kappa shape index (κ2) is 7.71. The summed E-state index contributed by atoms with van der Waals surface area (Å²) >= 11 is 0. The summed E-state index contributed by atoms with van der Waals surface area (Å²) in [5, 5.41) is 18.4. The number of nitrogens with zero attached hydrogens (tertiary/aromatic N) is 3. The molecule has 0 saturated heterocycles. The number of aromatic hydroxyl groups is 1. The maximum atomic E-state index is 14.9. The lowest BCUT2D eigenvalue weighted by Gasteiger charge is -2.38. The van der Waals surface area contributed by atoms with Gasteiger partial charge in [-0.2, -0.15) is 13.2 Å². The molecule has 2 aliphatic carbocycles. The largest absolute Gasteiger partial charge is 0.507 e. The minimum absolute atomic E-state index is 0.0609. The van der Waals surface area contributed by atoms with Gasteiger partial charge in [0.25, 0.3) is 0 Å². The van der Waals surface area contributed by atoms with Crippen LogP contribution in [0.4, 0.5) is 23.4 Å². The molecule has 1 aromatic carbocycles. The van der Waals surface area contributed by atoms with Gasteiger partial charge in [-0.3, -0.25) is 4.79 Å². The fourth-order valence-corrected chi connectivity index (χ4v) is 5.14. The molecule has 0 unspecified atom stereocenters. The van der Waals surface area contributed by atoms with E-state index in [0.29, 0.717) is 17.8 Å². The van der Waals surface area contributed by atoms with Crippen LogP contribution in [0, 0.1) is 11.8 Å². The highest BCUT2D eigenvalue weighted by Gasteiger charge is 2.44. The number of hydrogen-bond donors (Lipinski definition) is 1. The second-order valence-corrected chi connectivity index (χ2v) is 8.91. The molecule has 0 amide bonds. The van der Waals surface area contributed by atoms with Gasteiger partial charge < -0.3 is 14.4 Å². The fraction of sp³-hybridized carbons (Fsp3) is 0.435. The van der Waals surface area contributed by atoms with E-state index >= 15 is 0 Å². The highest BCUT2D eigenvalue weighted by molar-refractivity contribution is 5.85. The summed E-state index contributed by atoms with van der Waals surface area (Å²) in [7, 11) is 1.77. The first-order valence-corrected chi connectivity index (χ1v) is 10.7. The van der Waals surface area contributed by atoms with Crippen molar-refractivity contribution in [3.05, 3.63) is 46.3 Å². The van der Waals surface area contributed by atoms with Crippen molar-refractivity contribution in [3.63, 3.8) is 0 Å². The lowest BCUT2D eigenvalue weighted by Crippen LogP contribution is -2.46. The van der Waals surface area contributed by atoms with Gasteiger partial charge in [0.05, 0.1) is 17.1 Å². The SMILES string of the molecule is CN(c1ccc(-c2cc3oc(C(F)(F)F)cc(=O)c3cc2O)nn1)[C@H]1C[C@@H]2CC[C@@H](C2)[C@H]1F. The Morgan fingerprint density at radius 2 is 1.91 bits per heavy atom. The number of fused-ring (bicyclic) bond motifs is 3. The minimum Gasteiger partial charge on any atom is -0.507 e. The molecule has 2 aromatic heterocycles. The molecule has 0 radical (unpaired) electrons. The van der Waals surface area contributed by atoms with E-state index in [4.69, 9.17) is 4.42 Å². The van der Waals surface area contributed by atoms with Gasteiger partial charge in [0, 0.05) is 18.7 Å². The molecule has 2 heterocycles. The zero-order valence-corrected chi connectivity index (χ0v) is 17.6. The Hall–Kier alpha value is -3.17.